The lowest BCUT2D eigenvalue weighted by molar-refractivity contribution is 0.0821. The molecule has 0 spiro atoms. The molecule has 0 atom stereocenters. The Bertz CT molecular complexity index is 635. The summed E-state index contributed by atoms with van der Waals surface area (Å²) in [6.45, 7) is 0. The van der Waals surface area contributed by atoms with Gasteiger partial charge in [-0.3, -0.25) is 4.79 Å². The molecule has 98 valence electrons. The van der Waals surface area contributed by atoms with Crippen LogP contribution in [0.3, 0.4) is 0 Å². The Hall–Kier alpha value is -2.28. The summed E-state index contributed by atoms with van der Waals surface area (Å²) in [6.07, 6.45) is 3.27. The van der Waals surface area contributed by atoms with Gasteiger partial charge in [-0.15, -0.1) is 0 Å². The van der Waals surface area contributed by atoms with E-state index in [-0.39, 0.29) is 5.91 Å². The second-order valence-electron chi connectivity index (χ2n) is 4.11. The number of rotatable bonds is 3. The van der Waals surface area contributed by atoms with Crippen LogP contribution in [-0.4, -0.2) is 44.7 Å². The van der Waals surface area contributed by atoms with Crippen LogP contribution in [0.5, 0.6) is 0 Å². The van der Waals surface area contributed by atoms with Crippen molar-refractivity contribution in [2.24, 2.45) is 5.73 Å². The summed E-state index contributed by atoms with van der Waals surface area (Å²) >= 11 is 4.91. The summed E-state index contributed by atoms with van der Waals surface area (Å²) in [5.74, 6) is 0.396. The van der Waals surface area contributed by atoms with Crippen molar-refractivity contribution in [3.63, 3.8) is 0 Å². The minimum Gasteiger partial charge on any atom is -0.389 e. The fraction of sp³-hybridized carbons (Fsp3) is 0.167. The van der Waals surface area contributed by atoms with E-state index in [0.29, 0.717) is 22.1 Å². The maximum Gasteiger partial charge on any atom is 0.273 e. The summed E-state index contributed by atoms with van der Waals surface area (Å²) in [7, 11) is 3.35. The predicted octanol–water partition coefficient (Wildman–Crippen LogP) is 0.603. The first-order chi connectivity index (χ1) is 8.99. The van der Waals surface area contributed by atoms with E-state index in [0.717, 1.165) is 0 Å². The molecular formula is C12H13N5OS. The van der Waals surface area contributed by atoms with Crippen molar-refractivity contribution < 1.29 is 4.79 Å². The molecule has 0 aliphatic heterocycles. The van der Waals surface area contributed by atoms with Crippen LogP contribution in [0.4, 0.5) is 0 Å². The molecule has 0 fully saturated rings. The van der Waals surface area contributed by atoms with Crippen LogP contribution >= 0.6 is 12.2 Å². The van der Waals surface area contributed by atoms with Gasteiger partial charge in [-0.1, -0.05) is 12.2 Å². The highest BCUT2D eigenvalue weighted by Crippen LogP contribution is 2.08. The summed E-state index contributed by atoms with van der Waals surface area (Å²) in [6, 6.07) is 5.08. The highest BCUT2D eigenvalue weighted by molar-refractivity contribution is 7.80. The smallest absolute Gasteiger partial charge is 0.273 e. The fourth-order valence-electron chi connectivity index (χ4n) is 1.49. The number of carbonyl (C=O) groups is 1. The molecule has 19 heavy (non-hydrogen) atoms. The van der Waals surface area contributed by atoms with Crippen LogP contribution in [0.15, 0.2) is 30.6 Å². The SMILES string of the molecule is CN(C)C(=O)c1ccn(-c2cc(C(N)=S)ccn2)n1. The second kappa shape index (κ2) is 5.15. The molecule has 0 aliphatic rings. The molecule has 2 aromatic rings. The van der Waals surface area contributed by atoms with Crippen LogP contribution in [0.25, 0.3) is 5.82 Å². The van der Waals surface area contributed by atoms with E-state index in [1.165, 1.54) is 9.58 Å². The third-order valence-electron chi connectivity index (χ3n) is 2.48. The molecule has 0 aromatic carbocycles. The van der Waals surface area contributed by atoms with E-state index in [4.69, 9.17) is 18.0 Å². The average Bonchev–Trinajstić information content (AvgIpc) is 2.87. The van der Waals surface area contributed by atoms with Gasteiger partial charge in [0.05, 0.1) is 0 Å². The first-order valence-corrected chi connectivity index (χ1v) is 5.93. The van der Waals surface area contributed by atoms with Crippen molar-refractivity contribution in [2.45, 2.75) is 0 Å². The molecule has 0 unspecified atom stereocenters. The molecule has 0 saturated carbocycles. The van der Waals surface area contributed by atoms with Gasteiger partial charge in [0, 0.05) is 32.1 Å². The molecule has 0 radical (unpaired) electrons. The van der Waals surface area contributed by atoms with Crippen molar-refractivity contribution >= 4 is 23.1 Å². The average molecular weight is 275 g/mol. The van der Waals surface area contributed by atoms with Crippen LogP contribution in [-0.2, 0) is 0 Å². The third kappa shape index (κ3) is 2.76. The summed E-state index contributed by atoms with van der Waals surface area (Å²) in [5.41, 5.74) is 6.63. The maximum atomic E-state index is 11.8. The largest absolute Gasteiger partial charge is 0.389 e. The second-order valence-corrected chi connectivity index (χ2v) is 4.55. The Morgan fingerprint density at radius 1 is 1.42 bits per heavy atom. The van der Waals surface area contributed by atoms with E-state index in [2.05, 4.69) is 10.1 Å². The Labute approximate surface area is 115 Å². The lowest BCUT2D eigenvalue weighted by Crippen LogP contribution is -2.22. The molecule has 0 bridgehead atoms. The zero-order valence-corrected chi connectivity index (χ0v) is 11.4. The van der Waals surface area contributed by atoms with Gasteiger partial charge in [-0.2, -0.15) is 5.10 Å². The summed E-state index contributed by atoms with van der Waals surface area (Å²) in [5, 5.41) is 4.18. The fourth-order valence-corrected chi connectivity index (χ4v) is 1.62. The van der Waals surface area contributed by atoms with Gasteiger partial charge in [-0.05, 0) is 18.2 Å². The van der Waals surface area contributed by atoms with Crippen LogP contribution in [0.1, 0.15) is 16.1 Å². The molecule has 2 rings (SSSR count). The number of nitrogens with two attached hydrogens (primary N) is 1. The normalized spacial score (nSPS) is 10.2. The van der Waals surface area contributed by atoms with E-state index in [1.807, 2.05) is 0 Å². The first-order valence-electron chi connectivity index (χ1n) is 5.52. The van der Waals surface area contributed by atoms with Crippen molar-refractivity contribution in [1.82, 2.24) is 19.7 Å². The topological polar surface area (TPSA) is 77.0 Å². The number of nitrogens with zero attached hydrogens (tertiary/aromatic N) is 4. The standard InChI is InChI=1S/C12H13N5OS/c1-16(2)12(18)9-4-6-17(15-9)10-7-8(11(13)19)3-5-14-10/h3-7H,1-2H3,(H2,13,19). The minimum absolute atomic E-state index is 0.163. The van der Waals surface area contributed by atoms with Crippen molar-refractivity contribution in [1.29, 1.82) is 0 Å². The third-order valence-corrected chi connectivity index (χ3v) is 2.71. The van der Waals surface area contributed by atoms with Gasteiger partial charge in [-0.25, -0.2) is 9.67 Å². The van der Waals surface area contributed by atoms with Gasteiger partial charge in [0.1, 0.15) is 4.99 Å². The predicted molar refractivity (Wildman–Crippen MR) is 75.3 cm³/mol. The van der Waals surface area contributed by atoms with Gasteiger partial charge < -0.3 is 10.6 Å². The molecule has 0 saturated heterocycles. The molecule has 2 N–H and O–H groups in total. The van der Waals surface area contributed by atoms with Gasteiger partial charge in [0.25, 0.3) is 5.91 Å². The Morgan fingerprint density at radius 2 is 2.16 bits per heavy atom. The molecule has 0 aliphatic carbocycles. The number of carbonyl (C=O) groups excluding carboxylic acids is 1. The lowest BCUT2D eigenvalue weighted by atomic mass is 10.2. The number of pyridine rings is 1. The Balaban J connectivity index is 2.35. The van der Waals surface area contributed by atoms with E-state index >= 15 is 0 Å². The number of aromatic nitrogens is 3. The van der Waals surface area contributed by atoms with Gasteiger partial charge >= 0.3 is 0 Å². The molecule has 2 aromatic heterocycles. The zero-order chi connectivity index (χ0) is 14.0. The van der Waals surface area contributed by atoms with Crippen molar-refractivity contribution in [2.75, 3.05) is 14.1 Å². The quantitative estimate of drug-likeness (QED) is 0.830. The Kier molecular flexibility index (Phi) is 3.57. The van der Waals surface area contributed by atoms with E-state index in [1.54, 1.807) is 44.7 Å². The van der Waals surface area contributed by atoms with E-state index < -0.39 is 0 Å². The van der Waals surface area contributed by atoms with Gasteiger partial charge in [0.15, 0.2) is 11.5 Å². The number of hydrogen-bond donors (Lipinski definition) is 1. The number of hydrogen-bond acceptors (Lipinski definition) is 4. The van der Waals surface area contributed by atoms with Crippen LogP contribution < -0.4 is 5.73 Å². The van der Waals surface area contributed by atoms with Crippen molar-refractivity contribution in [3.8, 4) is 5.82 Å². The van der Waals surface area contributed by atoms with Crippen molar-refractivity contribution in [3.05, 3.63) is 41.9 Å². The molecule has 6 nitrogen and oxygen atoms in total. The maximum absolute atomic E-state index is 11.8. The summed E-state index contributed by atoms with van der Waals surface area (Å²) in [4.78, 5) is 17.7. The highest BCUT2D eigenvalue weighted by Gasteiger charge is 2.12. The highest BCUT2D eigenvalue weighted by atomic mass is 32.1. The lowest BCUT2D eigenvalue weighted by Gasteiger charge is -2.07. The minimum atomic E-state index is -0.163. The Morgan fingerprint density at radius 3 is 2.79 bits per heavy atom. The number of thiocarbonyl (C=S) groups is 1. The first kappa shape index (κ1) is 13.2. The summed E-state index contributed by atoms with van der Waals surface area (Å²) < 4.78 is 1.51. The van der Waals surface area contributed by atoms with Gasteiger partial charge in [0.2, 0.25) is 0 Å². The molecular weight excluding hydrogens is 262 g/mol. The van der Waals surface area contributed by atoms with Crippen LogP contribution in [0, 0.1) is 0 Å². The monoisotopic (exact) mass is 275 g/mol. The number of amides is 1. The van der Waals surface area contributed by atoms with E-state index in [9.17, 15) is 4.79 Å². The molecule has 7 heteroatoms. The zero-order valence-electron chi connectivity index (χ0n) is 10.6. The molecule has 1 amide bonds. The van der Waals surface area contributed by atoms with Crippen LogP contribution in [0.2, 0.25) is 0 Å². The molecule has 2 heterocycles.